The fraction of sp³-hybridized carbons (Fsp3) is 0.286. The molecular formula is C21H22BrN2O6P. The van der Waals surface area contributed by atoms with Crippen LogP contribution in [0, 0.1) is 0 Å². The maximum atomic E-state index is 13.4. The van der Waals surface area contributed by atoms with Crippen LogP contribution in [0.4, 0.5) is 5.88 Å². The Hall–Kier alpha value is -2.32. The minimum atomic E-state index is -3.67. The summed E-state index contributed by atoms with van der Waals surface area (Å²) < 4.78 is 42.1. The summed E-state index contributed by atoms with van der Waals surface area (Å²) in [4.78, 5) is 4.49. The molecule has 10 heteroatoms. The maximum absolute atomic E-state index is 13.4. The normalized spacial score (nSPS) is 12.9. The molecule has 0 radical (unpaired) electrons. The van der Waals surface area contributed by atoms with E-state index in [0.29, 0.717) is 23.9 Å². The quantitative estimate of drug-likeness (QED) is 0.387. The Morgan fingerprint density at radius 1 is 1.06 bits per heavy atom. The van der Waals surface area contributed by atoms with Crippen molar-refractivity contribution in [2.45, 2.75) is 20.4 Å². The third-order valence-electron chi connectivity index (χ3n) is 4.45. The van der Waals surface area contributed by atoms with Crippen LogP contribution in [-0.4, -0.2) is 25.0 Å². The molecule has 0 fully saturated rings. The largest absolute Gasteiger partial charge is 0.454 e. The molecule has 0 spiro atoms. The number of anilines is 1. The Kier molecular flexibility index (Phi) is 6.67. The molecule has 0 unspecified atom stereocenters. The van der Waals surface area contributed by atoms with E-state index in [1.807, 2.05) is 42.5 Å². The molecule has 4 rings (SSSR count). The van der Waals surface area contributed by atoms with Crippen molar-refractivity contribution in [1.29, 1.82) is 0 Å². The van der Waals surface area contributed by atoms with Gasteiger partial charge in [0.05, 0.1) is 13.2 Å². The molecule has 2 heterocycles. The molecule has 0 bridgehead atoms. The smallest absolute Gasteiger partial charge is 0.385 e. The van der Waals surface area contributed by atoms with Crippen molar-refractivity contribution in [3.8, 4) is 23.0 Å². The molecule has 1 N–H and O–H groups in total. The average Bonchev–Trinajstić information content (AvgIpc) is 3.40. The SMILES string of the molecule is CCOP(=O)(OCC)c1nc(-c2ccc(Br)cc2)oc1NCc1ccc2c(c1)OCO2. The van der Waals surface area contributed by atoms with Crippen molar-refractivity contribution in [3.05, 3.63) is 52.5 Å². The number of benzene rings is 2. The second-order valence-corrected chi connectivity index (χ2v) is 9.40. The fourth-order valence-electron chi connectivity index (χ4n) is 3.06. The second kappa shape index (κ2) is 9.44. The number of rotatable bonds is 9. The summed E-state index contributed by atoms with van der Waals surface area (Å²) >= 11 is 3.42. The number of oxazole rings is 1. The summed E-state index contributed by atoms with van der Waals surface area (Å²) in [5.74, 6) is 1.94. The van der Waals surface area contributed by atoms with E-state index in [9.17, 15) is 4.57 Å². The summed E-state index contributed by atoms with van der Waals surface area (Å²) in [5, 5.41) is 3.18. The molecule has 3 aromatic rings. The van der Waals surface area contributed by atoms with Crippen LogP contribution in [0.2, 0.25) is 0 Å². The summed E-state index contributed by atoms with van der Waals surface area (Å²) in [6, 6.07) is 13.1. The lowest BCUT2D eigenvalue weighted by Gasteiger charge is -2.15. The lowest BCUT2D eigenvalue weighted by atomic mass is 10.2. The molecule has 0 aliphatic carbocycles. The summed E-state index contributed by atoms with van der Waals surface area (Å²) in [6.07, 6.45) is 0. The molecule has 2 aromatic carbocycles. The van der Waals surface area contributed by atoms with Crippen molar-refractivity contribution < 1.29 is 27.5 Å². The second-order valence-electron chi connectivity index (χ2n) is 6.55. The third kappa shape index (κ3) is 4.80. The zero-order valence-electron chi connectivity index (χ0n) is 17.1. The first-order valence-corrected chi connectivity index (χ1v) is 12.1. The van der Waals surface area contributed by atoms with Gasteiger partial charge in [0.2, 0.25) is 24.0 Å². The van der Waals surface area contributed by atoms with E-state index in [1.165, 1.54) is 0 Å². The lowest BCUT2D eigenvalue weighted by molar-refractivity contribution is 0.174. The number of halogens is 1. The third-order valence-corrected chi connectivity index (χ3v) is 6.99. The van der Waals surface area contributed by atoms with Gasteiger partial charge < -0.3 is 28.3 Å². The number of ether oxygens (including phenoxy) is 2. The van der Waals surface area contributed by atoms with E-state index < -0.39 is 7.60 Å². The summed E-state index contributed by atoms with van der Waals surface area (Å²) in [6.45, 7) is 4.51. The highest BCUT2D eigenvalue weighted by Gasteiger charge is 2.35. The topological polar surface area (TPSA) is 92.1 Å². The maximum Gasteiger partial charge on any atom is 0.385 e. The highest BCUT2D eigenvalue weighted by molar-refractivity contribution is 9.10. The zero-order chi connectivity index (χ0) is 21.8. The van der Waals surface area contributed by atoms with Crippen molar-refractivity contribution in [3.63, 3.8) is 0 Å². The molecule has 31 heavy (non-hydrogen) atoms. The predicted molar refractivity (Wildman–Crippen MR) is 120 cm³/mol. The summed E-state index contributed by atoms with van der Waals surface area (Å²) in [5.41, 5.74) is 1.79. The van der Waals surface area contributed by atoms with Gasteiger partial charge in [-0.05, 0) is 55.8 Å². The number of aromatic nitrogens is 1. The van der Waals surface area contributed by atoms with Gasteiger partial charge >= 0.3 is 7.60 Å². The van der Waals surface area contributed by atoms with Crippen molar-refractivity contribution in [2.75, 3.05) is 25.3 Å². The minimum absolute atomic E-state index is 0.120. The van der Waals surface area contributed by atoms with E-state index >= 15 is 0 Å². The molecule has 0 saturated heterocycles. The highest BCUT2D eigenvalue weighted by Crippen LogP contribution is 2.49. The molecule has 164 valence electrons. The molecule has 8 nitrogen and oxygen atoms in total. The number of nitrogens with zero attached hydrogens (tertiary/aromatic N) is 1. The Morgan fingerprint density at radius 3 is 2.48 bits per heavy atom. The van der Waals surface area contributed by atoms with Gasteiger partial charge in [-0.25, -0.2) is 0 Å². The standard InChI is InChI=1S/C21H22BrN2O6P/c1-3-28-31(25,29-4-2)21-20(30-19(24-21)15-6-8-16(22)9-7-15)23-12-14-5-10-17-18(11-14)27-13-26-17/h5-11,23H,3-4,12-13H2,1-2H3. The predicted octanol–water partition coefficient (Wildman–Crippen LogP) is 5.34. The highest BCUT2D eigenvalue weighted by atomic mass is 79.9. The molecule has 0 saturated carbocycles. The van der Waals surface area contributed by atoms with Gasteiger partial charge in [-0.2, -0.15) is 4.98 Å². The first kappa shape index (κ1) is 21.9. The van der Waals surface area contributed by atoms with E-state index in [2.05, 4.69) is 26.2 Å². The van der Waals surface area contributed by atoms with Gasteiger partial charge in [-0.1, -0.05) is 22.0 Å². The number of fused-ring (bicyclic) bond motifs is 1. The van der Waals surface area contributed by atoms with E-state index in [1.54, 1.807) is 13.8 Å². The molecule has 1 aromatic heterocycles. The van der Waals surface area contributed by atoms with Crippen LogP contribution in [0.15, 0.2) is 51.4 Å². The fourth-order valence-corrected chi connectivity index (χ4v) is 4.91. The van der Waals surface area contributed by atoms with Crippen molar-refractivity contribution in [2.24, 2.45) is 0 Å². The van der Waals surface area contributed by atoms with Gasteiger partial charge in [0, 0.05) is 16.6 Å². The average molecular weight is 509 g/mol. The molecular weight excluding hydrogens is 487 g/mol. The van der Waals surface area contributed by atoms with Gasteiger partial charge in [-0.15, -0.1) is 0 Å². The number of nitrogens with one attached hydrogen (secondary N) is 1. The van der Waals surface area contributed by atoms with Crippen LogP contribution in [0.3, 0.4) is 0 Å². The minimum Gasteiger partial charge on any atom is -0.454 e. The van der Waals surface area contributed by atoms with E-state index in [-0.39, 0.29) is 31.3 Å². The Morgan fingerprint density at radius 2 is 1.77 bits per heavy atom. The van der Waals surface area contributed by atoms with Crippen LogP contribution in [-0.2, 0) is 20.2 Å². The molecule has 0 amide bonds. The first-order chi connectivity index (χ1) is 15.0. The number of hydrogen-bond acceptors (Lipinski definition) is 8. The van der Waals surface area contributed by atoms with Crippen LogP contribution in [0.5, 0.6) is 11.5 Å². The van der Waals surface area contributed by atoms with Crippen LogP contribution >= 0.6 is 23.5 Å². The van der Waals surface area contributed by atoms with Gasteiger partial charge in [0.15, 0.2) is 11.5 Å². The monoisotopic (exact) mass is 508 g/mol. The Labute approximate surface area is 188 Å². The van der Waals surface area contributed by atoms with Crippen LogP contribution in [0.25, 0.3) is 11.5 Å². The molecule has 1 aliphatic heterocycles. The summed E-state index contributed by atoms with van der Waals surface area (Å²) in [7, 11) is -3.67. The van der Waals surface area contributed by atoms with E-state index in [4.69, 9.17) is 22.9 Å². The Bertz CT molecular complexity index is 1090. The number of hydrogen-bond donors (Lipinski definition) is 1. The van der Waals surface area contributed by atoms with E-state index in [0.717, 1.165) is 15.6 Å². The van der Waals surface area contributed by atoms with Crippen molar-refractivity contribution in [1.82, 2.24) is 4.98 Å². The van der Waals surface area contributed by atoms with Gasteiger partial charge in [-0.3, -0.25) is 4.57 Å². The van der Waals surface area contributed by atoms with Crippen LogP contribution in [0.1, 0.15) is 19.4 Å². The lowest BCUT2D eigenvalue weighted by Crippen LogP contribution is -2.16. The molecule has 1 aliphatic rings. The van der Waals surface area contributed by atoms with Gasteiger partial charge in [0.25, 0.3) is 0 Å². The van der Waals surface area contributed by atoms with Gasteiger partial charge in [0.1, 0.15) is 0 Å². The zero-order valence-corrected chi connectivity index (χ0v) is 19.6. The van der Waals surface area contributed by atoms with Crippen molar-refractivity contribution >= 4 is 34.8 Å². The molecule has 0 atom stereocenters. The Balaban J connectivity index is 1.66. The van der Waals surface area contributed by atoms with Crippen LogP contribution < -0.4 is 20.2 Å². The first-order valence-electron chi connectivity index (χ1n) is 9.81.